The predicted molar refractivity (Wildman–Crippen MR) is 204 cm³/mol. The van der Waals surface area contributed by atoms with Gasteiger partial charge in [-0.05, 0) is 82.6 Å². The summed E-state index contributed by atoms with van der Waals surface area (Å²) in [6, 6.07) is 62.0. The number of nitrogens with zero attached hydrogens (tertiary/aromatic N) is 1. The fourth-order valence-corrected chi connectivity index (χ4v) is 7.30. The fourth-order valence-electron chi connectivity index (χ4n) is 7.30. The van der Waals surface area contributed by atoms with E-state index in [-0.39, 0.29) is 0 Å². The third kappa shape index (κ3) is 4.51. The van der Waals surface area contributed by atoms with E-state index in [1.165, 1.54) is 10.8 Å². The number of benzene rings is 8. The average molecular weight is 628 g/mol. The zero-order valence-electron chi connectivity index (χ0n) is 26.5. The normalized spacial score (nSPS) is 11.7. The lowest BCUT2D eigenvalue weighted by Gasteiger charge is -2.28. The van der Waals surface area contributed by atoms with Crippen molar-refractivity contribution in [2.75, 3.05) is 4.90 Å². The van der Waals surface area contributed by atoms with Crippen LogP contribution in [0.15, 0.2) is 185 Å². The molecule has 230 valence electrons. The van der Waals surface area contributed by atoms with Gasteiger partial charge in [0.1, 0.15) is 22.3 Å². The number of hydrogen-bond donors (Lipinski definition) is 0. The van der Waals surface area contributed by atoms with Gasteiger partial charge < -0.3 is 13.7 Å². The van der Waals surface area contributed by atoms with E-state index in [1.54, 1.807) is 0 Å². The van der Waals surface area contributed by atoms with Gasteiger partial charge in [0.05, 0.1) is 5.69 Å². The van der Waals surface area contributed by atoms with E-state index in [4.69, 9.17) is 8.83 Å². The van der Waals surface area contributed by atoms with Crippen molar-refractivity contribution in [3.8, 4) is 22.3 Å². The van der Waals surface area contributed by atoms with Gasteiger partial charge in [-0.15, -0.1) is 0 Å². The molecule has 10 rings (SSSR count). The van der Waals surface area contributed by atoms with E-state index in [1.807, 2.05) is 12.1 Å². The molecule has 0 aliphatic carbocycles. The Balaban J connectivity index is 1.11. The highest BCUT2D eigenvalue weighted by atomic mass is 16.3. The molecule has 0 saturated carbocycles. The minimum absolute atomic E-state index is 0.894. The monoisotopic (exact) mass is 627 g/mol. The quantitative estimate of drug-likeness (QED) is 0.190. The maximum atomic E-state index is 6.68. The molecule has 0 atom stereocenters. The summed E-state index contributed by atoms with van der Waals surface area (Å²) >= 11 is 0. The third-order valence-corrected chi connectivity index (χ3v) is 9.65. The topological polar surface area (TPSA) is 29.5 Å². The molecule has 0 N–H and O–H groups in total. The van der Waals surface area contributed by atoms with Gasteiger partial charge in [0.25, 0.3) is 0 Å². The van der Waals surface area contributed by atoms with Gasteiger partial charge in [-0.3, -0.25) is 0 Å². The average Bonchev–Trinajstić information content (AvgIpc) is 3.72. The summed E-state index contributed by atoms with van der Waals surface area (Å²) in [5, 5.41) is 6.89. The Morgan fingerprint density at radius 3 is 1.86 bits per heavy atom. The van der Waals surface area contributed by atoms with E-state index < -0.39 is 0 Å². The van der Waals surface area contributed by atoms with Crippen molar-refractivity contribution in [3.63, 3.8) is 0 Å². The van der Waals surface area contributed by atoms with Crippen molar-refractivity contribution in [2.24, 2.45) is 0 Å². The van der Waals surface area contributed by atoms with E-state index in [2.05, 4.69) is 169 Å². The second-order valence-corrected chi connectivity index (χ2v) is 12.5. The second-order valence-electron chi connectivity index (χ2n) is 12.5. The largest absolute Gasteiger partial charge is 0.456 e. The molecular weight excluding hydrogens is 599 g/mol. The first kappa shape index (κ1) is 27.5. The Bertz CT molecular complexity index is 2830. The number of furan rings is 2. The lowest BCUT2D eigenvalue weighted by Crippen LogP contribution is -2.11. The van der Waals surface area contributed by atoms with Crippen LogP contribution in [0.4, 0.5) is 17.1 Å². The summed E-state index contributed by atoms with van der Waals surface area (Å²) in [6.45, 7) is 0. The first-order valence-electron chi connectivity index (χ1n) is 16.6. The zero-order chi connectivity index (χ0) is 32.3. The summed E-state index contributed by atoms with van der Waals surface area (Å²) < 4.78 is 12.8. The minimum Gasteiger partial charge on any atom is -0.456 e. The van der Waals surface area contributed by atoms with Crippen LogP contribution in [-0.4, -0.2) is 0 Å². The number of rotatable bonds is 5. The molecule has 49 heavy (non-hydrogen) atoms. The maximum Gasteiger partial charge on any atom is 0.143 e. The predicted octanol–water partition coefficient (Wildman–Crippen LogP) is 13.4. The van der Waals surface area contributed by atoms with Crippen molar-refractivity contribution in [2.45, 2.75) is 0 Å². The second kappa shape index (κ2) is 11.0. The molecule has 0 saturated heterocycles. The first-order valence-corrected chi connectivity index (χ1v) is 16.6. The highest BCUT2D eigenvalue weighted by Gasteiger charge is 2.20. The van der Waals surface area contributed by atoms with Crippen LogP contribution < -0.4 is 4.90 Å². The molecule has 0 aliphatic rings. The van der Waals surface area contributed by atoms with Gasteiger partial charge in [-0.1, -0.05) is 115 Å². The molecule has 8 aromatic carbocycles. The number of para-hydroxylation sites is 4. The Hall–Kier alpha value is -6.58. The summed E-state index contributed by atoms with van der Waals surface area (Å²) in [6.07, 6.45) is 0. The van der Waals surface area contributed by atoms with Gasteiger partial charge >= 0.3 is 0 Å². The van der Waals surface area contributed by atoms with Crippen LogP contribution in [-0.2, 0) is 0 Å². The van der Waals surface area contributed by atoms with Crippen LogP contribution in [0.5, 0.6) is 0 Å². The summed E-state index contributed by atoms with van der Waals surface area (Å²) in [5.41, 5.74) is 11.3. The van der Waals surface area contributed by atoms with E-state index in [0.29, 0.717) is 0 Å². The Morgan fingerprint density at radius 1 is 0.347 bits per heavy atom. The molecule has 0 bridgehead atoms. The summed E-state index contributed by atoms with van der Waals surface area (Å²) in [5.74, 6) is 0. The van der Waals surface area contributed by atoms with Crippen LogP contribution in [0, 0.1) is 0 Å². The Labute approximate surface area is 282 Å². The molecule has 3 heteroatoms. The van der Waals surface area contributed by atoms with Crippen molar-refractivity contribution in [1.82, 2.24) is 0 Å². The molecule has 0 radical (unpaired) electrons. The van der Waals surface area contributed by atoms with E-state index in [9.17, 15) is 0 Å². The molecule has 2 heterocycles. The molecular formula is C46H29NO2. The number of anilines is 3. The van der Waals surface area contributed by atoms with Crippen molar-refractivity contribution >= 4 is 71.7 Å². The molecule has 0 unspecified atom stereocenters. The van der Waals surface area contributed by atoms with Gasteiger partial charge in [0.15, 0.2) is 0 Å². The third-order valence-electron chi connectivity index (χ3n) is 9.65. The molecule has 0 amide bonds. The van der Waals surface area contributed by atoms with Crippen LogP contribution in [0.25, 0.3) is 76.9 Å². The van der Waals surface area contributed by atoms with Crippen LogP contribution in [0.2, 0.25) is 0 Å². The van der Waals surface area contributed by atoms with Crippen LogP contribution in [0.1, 0.15) is 0 Å². The summed E-state index contributed by atoms with van der Waals surface area (Å²) in [7, 11) is 0. The molecule has 10 aromatic rings. The smallest absolute Gasteiger partial charge is 0.143 e. The molecule has 0 aliphatic heterocycles. The van der Waals surface area contributed by atoms with Crippen molar-refractivity contribution in [3.05, 3.63) is 176 Å². The van der Waals surface area contributed by atoms with E-state index >= 15 is 0 Å². The lowest BCUT2D eigenvalue weighted by molar-refractivity contribution is 0.669. The van der Waals surface area contributed by atoms with Crippen LogP contribution >= 0.6 is 0 Å². The van der Waals surface area contributed by atoms with E-state index in [0.717, 1.165) is 83.2 Å². The van der Waals surface area contributed by atoms with Gasteiger partial charge in [0.2, 0.25) is 0 Å². The van der Waals surface area contributed by atoms with Gasteiger partial charge in [-0.2, -0.15) is 0 Å². The van der Waals surface area contributed by atoms with Crippen molar-refractivity contribution in [1.29, 1.82) is 0 Å². The zero-order valence-corrected chi connectivity index (χ0v) is 26.5. The molecule has 3 nitrogen and oxygen atoms in total. The standard InChI is InChI=1S/C46H29NO2/c1-2-13-34(14-3-1)47(35-24-21-30(22-25-35)33-23-26-44-40(28-33)37-16-7-9-20-43(37)48-44)42-19-8-6-15-36(42)38-17-10-18-39-41-27-31-11-4-5-12-32(31)29-45(41)49-46(38)39/h1-29H. The summed E-state index contributed by atoms with van der Waals surface area (Å²) in [4.78, 5) is 2.33. The number of fused-ring (bicyclic) bond motifs is 7. The van der Waals surface area contributed by atoms with Gasteiger partial charge in [0, 0.05) is 44.0 Å². The molecule has 0 fully saturated rings. The molecule has 0 spiro atoms. The molecule has 2 aromatic heterocycles. The Morgan fingerprint density at radius 2 is 0.980 bits per heavy atom. The fraction of sp³-hybridized carbons (Fsp3) is 0. The number of hydrogen-bond acceptors (Lipinski definition) is 3. The highest BCUT2D eigenvalue weighted by Crippen LogP contribution is 2.45. The maximum absolute atomic E-state index is 6.68. The highest BCUT2D eigenvalue weighted by molar-refractivity contribution is 6.14. The van der Waals surface area contributed by atoms with Gasteiger partial charge in [-0.25, -0.2) is 0 Å². The van der Waals surface area contributed by atoms with Crippen molar-refractivity contribution < 1.29 is 8.83 Å². The SMILES string of the molecule is c1ccc(N(c2ccc(-c3ccc4oc5ccccc5c4c3)cc2)c2ccccc2-c2cccc3c2oc2cc4ccccc4cc23)cc1. The lowest BCUT2D eigenvalue weighted by atomic mass is 9.98. The Kier molecular flexibility index (Phi) is 6.18. The minimum atomic E-state index is 0.894. The van der Waals surface area contributed by atoms with Crippen LogP contribution in [0.3, 0.4) is 0 Å². The first-order chi connectivity index (χ1) is 24.3.